The monoisotopic (exact) mass is 332 g/mol. The van der Waals surface area contributed by atoms with Crippen molar-refractivity contribution in [2.45, 2.75) is 24.4 Å². The van der Waals surface area contributed by atoms with Crippen LogP contribution in [0.5, 0.6) is 11.5 Å². The van der Waals surface area contributed by atoms with Crippen molar-refractivity contribution in [2.75, 3.05) is 27.4 Å². The Bertz CT molecular complexity index is 732. The lowest BCUT2D eigenvalue weighted by Crippen LogP contribution is -2.30. The SMILES string of the molecule is COc1ccc(-c2nccn2[C@@H]2CO[C@H]3[C@@H]2OC[C@H]3O)cc1OC. The minimum Gasteiger partial charge on any atom is -0.493 e. The average molecular weight is 332 g/mol. The highest BCUT2D eigenvalue weighted by Gasteiger charge is 2.48. The van der Waals surface area contributed by atoms with Crippen LogP contribution < -0.4 is 9.47 Å². The average Bonchev–Trinajstić information content (AvgIpc) is 3.31. The van der Waals surface area contributed by atoms with Gasteiger partial charge in [-0.05, 0) is 18.2 Å². The highest BCUT2D eigenvalue weighted by molar-refractivity contribution is 5.61. The number of aliphatic hydroxyl groups excluding tert-OH is 1. The number of fused-ring (bicyclic) bond motifs is 1. The van der Waals surface area contributed by atoms with Crippen LogP contribution in [0.4, 0.5) is 0 Å². The molecule has 128 valence electrons. The van der Waals surface area contributed by atoms with E-state index in [1.54, 1.807) is 20.4 Å². The fraction of sp³-hybridized carbons (Fsp3) is 0.471. The zero-order valence-corrected chi connectivity index (χ0v) is 13.6. The molecule has 24 heavy (non-hydrogen) atoms. The van der Waals surface area contributed by atoms with Crippen molar-refractivity contribution in [1.29, 1.82) is 0 Å². The molecule has 0 spiro atoms. The minimum absolute atomic E-state index is 0.0160. The molecule has 1 N–H and O–H groups in total. The first-order valence-electron chi connectivity index (χ1n) is 7.89. The number of hydrogen-bond acceptors (Lipinski definition) is 6. The van der Waals surface area contributed by atoms with Gasteiger partial charge >= 0.3 is 0 Å². The molecular weight excluding hydrogens is 312 g/mol. The van der Waals surface area contributed by atoms with Crippen LogP contribution in [-0.2, 0) is 9.47 Å². The molecule has 4 rings (SSSR count). The van der Waals surface area contributed by atoms with Gasteiger partial charge in [0, 0.05) is 18.0 Å². The first-order chi connectivity index (χ1) is 11.7. The smallest absolute Gasteiger partial charge is 0.161 e. The third kappa shape index (κ3) is 2.36. The van der Waals surface area contributed by atoms with E-state index in [1.807, 2.05) is 29.0 Å². The zero-order valence-electron chi connectivity index (χ0n) is 13.6. The summed E-state index contributed by atoms with van der Waals surface area (Å²) in [5.41, 5.74) is 0.916. The molecule has 7 heteroatoms. The number of ether oxygens (including phenoxy) is 4. The summed E-state index contributed by atoms with van der Waals surface area (Å²) in [5, 5.41) is 9.92. The molecule has 4 atom stereocenters. The summed E-state index contributed by atoms with van der Waals surface area (Å²) < 4.78 is 24.2. The molecule has 2 aromatic rings. The molecule has 0 amide bonds. The van der Waals surface area contributed by atoms with Crippen LogP contribution in [0.2, 0.25) is 0 Å². The molecular formula is C17H20N2O5. The summed E-state index contributed by atoms with van der Waals surface area (Å²) in [6, 6.07) is 5.68. The Morgan fingerprint density at radius 1 is 1.12 bits per heavy atom. The lowest BCUT2D eigenvalue weighted by Gasteiger charge is -2.20. The first kappa shape index (κ1) is 15.4. The van der Waals surface area contributed by atoms with E-state index >= 15 is 0 Å². The van der Waals surface area contributed by atoms with Crippen LogP contribution in [0.3, 0.4) is 0 Å². The van der Waals surface area contributed by atoms with Gasteiger partial charge in [0.1, 0.15) is 24.1 Å². The van der Waals surface area contributed by atoms with Gasteiger partial charge in [0.15, 0.2) is 11.5 Å². The molecule has 0 saturated carbocycles. The predicted octanol–water partition coefficient (Wildman–Crippen LogP) is 1.27. The molecule has 0 bridgehead atoms. The van der Waals surface area contributed by atoms with Gasteiger partial charge in [0.2, 0.25) is 0 Å². The van der Waals surface area contributed by atoms with Crippen molar-refractivity contribution in [3.05, 3.63) is 30.6 Å². The van der Waals surface area contributed by atoms with Gasteiger partial charge in [0.25, 0.3) is 0 Å². The van der Waals surface area contributed by atoms with E-state index < -0.39 is 6.10 Å². The molecule has 2 fully saturated rings. The third-order valence-electron chi connectivity index (χ3n) is 4.67. The first-order valence-corrected chi connectivity index (χ1v) is 7.89. The van der Waals surface area contributed by atoms with Crippen LogP contribution in [0.25, 0.3) is 11.4 Å². The quantitative estimate of drug-likeness (QED) is 0.909. The van der Waals surface area contributed by atoms with Gasteiger partial charge in [0.05, 0.1) is 33.5 Å². The second-order valence-electron chi connectivity index (χ2n) is 5.96. The van der Waals surface area contributed by atoms with Gasteiger partial charge in [-0.2, -0.15) is 0 Å². The van der Waals surface area contributed by atoms with Crippen LogP contribution in [0.15, 0.2) is 30.6 Å². The van der Waals surface area contributed by atoms with E-state index in [4.69, 9.17) is 18.9 Å². The largest absolute Gasteiger partial charge is 0.493 e. The summed E-state index contributed by atoms with van der Waals surface area (Å²) in [6.45, 7) is 0.801. The number of hydrogen-bond donors (Lipinski definition) is 1. The molecule has 1 aromatic heterocycles. The highest BCUT2D eigenvalue weighted by Crippen LogP contribution is 2.38. The van der Waals surface area contributed by atoms with E-state index in [0.717, 1.165) is 11.4 Å². The highest BCUT2D eigenvalue weighted by atomic mass is 16.6. The summed E-state index contributed by atoms with van der Waals surface area (Å²) in [7, 11) is 3.22. The minimum atomic E-state index is -0.562. The Morgan fingerprint density at radius 2 is 1.92 bits per heavy atom. The molecule has 1 aromatic carbocycles. The Kier molecular flexibility index (Phi) is 3.91. The van der Waals surface area contributed by atoms with Gasteiger partial charge in [-0.1, -0.05) is 0 Å². The van der Waals surface area contributed by atoms with Gasteiger partial charge < -0.3 is 28.6 Å². The van der Waals surface area contributed by atoms with Crippen molar-refractivity contribution in [2.24, 2.45) is 0 Å². The fourth-order valence-electron chi connectivity index (χ4n) is 3.48. The number of aromatic nitrogens is 2. The van der Waals surface area contributed by atoms with Crippen molar-refractivity contribution in [1.82, 2.24) is 9.55 Å². The van der Waals surface area contributed by atoms with Gasteiger partial charge in [-0.3, -0.25) is 0 Å². The van der Waals surface area contributed by atoms with E-state index in [1.165, 1.54) is 0 Å². The summed E-state index contributed by atoms with van der Waals surface area (Å²) >= 11 is 0. The Labute approximate surface area is 139 Å². The molecule has 2 aliphatic rings. The van der Waals surface area contributed by atoms with Crippen LogP contribution in [-0.4, -0.2) is 60.4 Å². The zero-order chi connectivity index (χ0) is 16.7. The normalized spacial score (nSPS) is 28.8. The maximum absolute atomic E-state index is 9.92. The van der Waals surface area contributed by atoms with Crippen molar-refractivity contribution in [3.63, 3.8) is 0 Å². The van der Waals surface area contributed by atoms with Crippen LogP contribution >= 0.6 is 0 Å². The number of rotatable bonds is 4. The van der Waals surface area contributed by atoms with Gasteiger partial charge in [-0.25, -0.2) is 4.98 Å². The number of nitrogens with zero attached hydrogens (tertiary/aromatic N) is 2. The molecule has 7 nitrogen and oxygen atoms in total. The van der Waals surface area contributed by atoms with E-state index in [0.29, 0.717) is 24.7 Å². The predicted molar refractivity (Wildman–Crippen MR) is 85.3 cm³/mol. The number of imidazole rings is 1. The maximum atomic E-state index is 9.92. The number of benzene rings is 1. The lowest BCUT2D eigenvalue weighted by atomic mass is 10.1. The molecule has 3 heterocycles. The van der Waals surface area contributed by atoms with Crippen molar-refractivity contribution >= 4 is 0 Å². The third-order valence-corrected chi connectivity index (χ3v) is 4.67. The topological polar surface area (TPSA) is 75.0 Å². The second-order valence-corrected chi connectivity index (χ2v) is 5.96. The van der Waals surface area contributed by atoms with Crippen LogP contribution in [0.1, 0.15) is 6.04 Å². The Hall–Kier alpha value is -2.09. The molecule has 2 aliphatic heterocycles. The van der Waals surface area contributed by atoms with Crippen molar-refractivity contribution < 1.29 is 24.1 Å². The standard InChI is InChI=1S/C17H20N2O5/c1-21-13-4-3-10(7-14(13)22-2)17-18-5-6-19(17)11-8-23-16-12(20)9-24-15(11)16/h3-7,11-12,15-16,20H,8-9H2,1-2H3/t11-,12-,15-,16-/m1/s1. The number of methoxy groups -OCH3 is 2. The number of aliphatic hydroxyl groups is 1. The maximum Gasteiger partial charge on any atom is 0.161 e. The Morgan fingerprint density at radius 3 is 2.71 bits per heavy atom. The lowest BCUT2D eigenvalue weighted by molar-refractivity contribution is 0.0172. The van der Waals surface area contributed by atoms with Crippen molar-refractivity contribution in [3.8, 4) is 22.9 Å². The summed E-state index contributed by atoms with van der Waals surface area (Å²) in [4.78, 5) is 4.49. The van der Waals surface area contributed by atoms with Gasteiger partial charge in [-0.15, -0.1) is 0 Å². The van der Waals surface area contributed by atoms with E-state index in [-0.39, 0.29) is 18.2 Å². The second kappa shape index (κ2) is 6.08. The van der Waals surface area contributed by atoms with Crippen LogP contribution in [0, 0.1) is 0 Å². The van der Waals surface area contributed by atoms with E-state index in [9.17, 15) is 5.11 Å². The molecule has 0 radical (unpaired) electrons. The Balaban J connectivity index is 1.68. The molecule has 2 saturated heterocycles. The van der Waals surface area contributed by atoms with E-state index in [2.05, 4.69) is 4.98 Å². The summed E-state index contributed by atoms with van der Waals surface area (Å²) in [6.07, 6.45) is 2.68. The summed E-state index contributed by atoms with van der Waals surface area (Å²) in [5.74, 6) is 2.12. The molecule has 0 aliphatic carbocycles. The molecule has 0 unspecified atom stereocenters. The fourth-order valence-corrected chi connectivity index (χ4v) is 3.48.